The molecule has 1 aromatic rings. The molecule has 0 saturated heterocycles. The molecule has 1 rings (SSSR count). The number of nitrogens with one attached hydrogen (secondary N) is 2. The van der Waals surface area contributed by atoms with E-state index in [0.29, 0.717) is 13.1 Å². The fourth-order valence-corrected chi connectivity index (χ4v) is 2.26. The standard InChI is InChI=1S/C11H16N2O3S.ClH/c1-12-7-8-13-11(14)9-5-3-4-6-10(9)17(2,15)16;/h3-6,12H,7-8H2,1-2H3,(H,13,14);1H. The molecule has 0 unspecified atom stereocenters. The molecule has 0 atom stereocenters. The number of amides is 1. The van der Waals surface area contributed by atoms with E-state index in [-0.39, 0.29) is 28.8 Å². The SMILES string of the molecule is CNCCNC(=O)c1ccccc1S(C)(=O)=O.Cl. The third-order valence-electron chi connectivity index (χ3n) is 2.19. The summed E-state index contributed by atoms with van der Waals surface area (Å²) in [7, 11) is -1.61. The zero-order valence-electron chi connectivity index (χ0n) is 10.3. The van der Waals surface area contributed by atoms with Crippen molar-refractivity contribution in [1.29, 1.82) is 0 Å². The Bertz CT molecular complexity index is 503. The van der Waals surface area contributed by atoms with Gasteiger partial charge in [0.25, 0.3) is 5.91 Å². The molecule has 1 amide bonds. The van der Waals surface area contributed by atoms with E-state index in [1.54, 1.807) is 19.2 Å². The number of sulfone groups is 1. The summed E-state index contributed by atoms with van der Waals surface area (Å²) in [4.78, 5) is 11.8. The van der Waals surface area contributed by atoms with Crippen molar-refractivity contribution < 1.29 is 13.2 Å². The molecule has 0 aliphatic heterocycles. The van der Waals surface area contributed by atoms with Crippen LogP contribution >= 0.6 is 12.4 Å². The third-order valence-corrected chi connectivity index (χ3v) is 3.35. The molecular formula is C11H17ClN2O3S. The van der Waals surface area contributed by atoms with E-state index in [9.17, 15) is 13.2 Å². The van der Waals surface area contributed by atoms with Crippen LogP contribution in [-0.4, -0.2) is 40.7 Å². The average Bonchev–Trinajstić information content (AvgIpc) is 2.28. The third kappa shape index (κ3) is 4.64. The van der Waals surface area contributed by atoms with Crippen LogP contribution in [0.1, 0.15) is 10.4 Å². The molecule has 5 nitrogen and oxygen atoms in total. The van der Waals surface area contributed by atoms with Gasteiger partial charge in [0, 0.05) is 19.3 Å². The molecule has 0 saturated carbocycles. The molecule has 0 fully saturated rings. The highest BCUT2D eigenvalue weighted by Gasteiger charge is 2.17. The Labute approximate surface area is 113 Å². The summed E-state index contributed by atoms with van der Waals surface area (Å²) in [6, 6.07) is 6.18. The summed E-state index contributed by atoms with van der Waals surface area (Å²) in [5, 5.41) is 5.53. The van der Waals surface area contributed by atoms with E-state index in [1.807, 2.05) is 0 Å². The molecule has 7 heteroatoms. The Kier molecular flexibility index (Phi) is 6.90. The lowest BCUT2D eigenvalue weighted by Gasteiger charge is -2.08. The Morgan fingerprint density at radius 1 is 1.22 bits per heavy atom. The lowest BCUT2D eigenvalue weighted by molar-refractivity contribution is 0.0951. The van der Waals surface area contributed by atoms with Gasteiger partial charge in [0.2, 0.25) is 0 Å². The first-order chi connectivity index (χ1) is 7.96. The van der Waals surface area contributed by atoms with E-state index in [2.05, 4.69) is 10.6 Å². The highest BCUT2D eigenvalue weighted by atomic mass is 35.5. The topological polar surface area (TPSA) is 75.3 Å². The van der Waals surface area contributed by atoms with Gasteiger partial charge in [-0.1, -0.05) is 12.1 Å². The van der Waals surface area contributed by atoms with Crippen LogP contribution in [0.15, 0.2) is 29.2 Å². The fraction of sp³-hybridized carbons (Fsp3) is 0.364. The summed E-state index contributed by atoms with van der Waals surface area (Å²) in [6.45, 7) is 1.08. The largest absolute Gasteiger partial charge is 0.351 e. The molecule has 0 spiro atoms. The van der Waals surface area contributed by atoms with Crippen molar-refractivity contribution in [1.82, 2.24) is 10.6 Å². The maximum Gasteiger partial charge on any atom is 0.252 e. The van der Waals surface area contributed by atoms with Crippen LogP contribution in [0.5, 0.6) is 0 Å². The van der Waals surface area contributed by atoms with E-state index < -0.39 is 9.84 Å². The normalized spacial score (nSPS) is 10.6. The molecule has 18 heavy (non-hydrogen) atoms. The smallest absolute Gasteiger partial charge is 0.252 e. The number of benzene rings is 1. The number of halogens is 1. The minimum atomic E-state index is -3.39. The predicted molar refractivity (Wildman–Crippen MR) is 73.1 cm³/mol. The van der Waals surface area contributed by atoms with Gasteiger partial charge in [-0.05, 0) is 19.2 Å². The van der Waals surface area contributed by atoms with Crippen LogP contribution in [-0.2, 0) is 9.84 Å². The second kappa shape index (κ2) is 7.35. The second-order valence-electron chi connectivity index (χ2n) is 3.63. The van der Waals surface area contributed by atoms with Crippen molar-refractivity contribution in [2.45, 2.75) is 4.90 Å². The molecular weight excluding hydrogens is 276 g/mol. The van der Waals surface area contributed by atoms with Gasteiger partial charge < -0.3 is 10.6 Å². The fourth-order valence-electron chi connectivity index (χ4n) is 1.37. The van der Waals surface area contributed by atoms with Crippen molar-refractivity contribution in [3.05, 3.63) is 29.8 Å². The average molecular weight is 293 g/mol. The van der Waals surface area contributed by atoms with Gasteiger partial charge >= 0.3 is 0 Å². The van der Waals surface area contributed by atoms with E-state index in [4.69, 9.17) is 0 Å². The van der Waals surface area contributed by atoms with Gasteiger partial charge in [-0.25, -0.2) is 8.42 Å². The molecule has 0 radical (unpaired) electrons. The quantitative estimate of drug-likeness (QED) is 0.773. The maximum absolute atomic E-state index is 11.8. The number of rotatable bonds is 5. The Morgan fingerprint density at radius 3 is 2.39 bits per heavy atom. The number of hydrogen-bond donors (Lipinski definition) is 2. The predicted octanol–water partition coefficient (Wildman–Crippen LogP) is 0.461. The van der Waals surface area contributed by atoms with Gasteiger partial charge in [-0.3, -0.25) is 4.79 Å². The van der Waals surface area contributed by atoms with E-state index >= 15 is 0 Å². The molecule has 0 heterocycles. The maximum atomic E-state index is 11.8. The van der Waals surface area contributed by atoms with Gasteiger partial charge in [0.05, 0.1) is 10.5 Å². The van der Waals surface area contributed by atoms with Gasteiger partial charge in [-0.15, -0.1) is 12.4 Å². The first-order valence-electron chi connectivity index (χ1n) is 5.18. The summed E-state index contributed by atoms with van der Waals surface area (Å²) >= 11 is 0. The zero-order chi connectivity index (χ0) is 12.9. The minimum absolute atomic E-state index is 0. The Hall–Kier alpha value is -1.11. The monoisotopic (exact) mass is 292 g/mol. The van der Waals surface area contributed by atoms with Gasteiger partial charge in [0.15, 0.2) is 9.84 Å². The first kappa shape index (κ1) is 16.9. The number of hydrogen-bond acceptors (Lipinski definition) is 4. The Balaban J connectivity index is 0.00000289. The lowest BCUT2D eigenvalue weighted by atomic mass is 10.2. The molecule has 0 aliphatic carbocycles. The summed E-state index contributed by atoms with van der Waals surface area (Å²) in [6.07, 6.45) is 1.09. The number of likely N-dealkylation sites (N-methyl/N-ethyl adjacent to an activating group) is 1. The van der Waals surface area contributed by atoms with Crippen molar-refractivity contribution in [3.8, 4) is 0 Å². The molecule has 102 valence electrons. The van der Waals surface area contributed by atoms with Crippen molar-refractivity contribution >= 4 is 28.2 Å². The Morgan fingerprint density at radius 2 is 1.83 bits per heavy atom. The zero-order valence-corrected chi connectivity index (χ0v) is 11.9. The van der Waals surface area contributed by atoms with Crippen LogP contribution in [0.2, 0.25) is 0 Å². The summed E-state index contributed by atoms with van der Waals surface area (Å²) < 4.78 is 23.0. The molecule has 0 aromatic heterocycles. The van der Waals surface area contributed by atoms with Gasteiger partial charge in [-0.2, -0.15) is 0 Å². The molecule has 0 aliphatic rings. The highest BCUT2D eigenvalue weighted by Crippen LogP contribution is 2.14. The summed E-state index contributed by atoms with van der Waals surface area (Å²) in [5.41, 5.74) is 0.186. The van der Waals surface area contributed by atoms with Crippen LogP contribution in [0.25, 0.3) is 0 Å². The highest BCUT2D eigenvalue weighted by molar-refractivity contribution is 7.90. The van der Waals surface area contributed by atoms with E-state index in [1.165, 1.54) is 12.1 Å². The van der Waals surface area contributed by atoms with E-state index in [0.717, 1.165) is 6.26 Å². The number of carbonyl (C=O) groups is 1. The van der Waals surface area contributed by atoms with Crippen LogP contribution in [0.4, 0.5) is 0 Å². The van der Waals surface area contributed by atoms with Crippen LogP contribution in [0.3, 0.4) is 0 Å². The molecule has 2 N–H and O–H groups in total. The molecule has 1 aromatic carbocycles. The van der Waals surface area contributed by atoms with Crippen LogP contribution in [0, 0.1) is 0 Å². The van der Waals surface area contributed by atoms with Crippen molar-refractivity contribution in [2.24, 2.45) is 0 Å². The van der Waals surface area contributed by atoms with Crippen LogP contribution < -0.4 is 10.6 Å². The van der Waals surface area contributed by atoms with Crippen molar-refractivity contribution in [3.63, 3.8) is 0 Å². The summed E-state index contributed by atoms with van der Waals surface area (Å²) in [5.74, 6) is -0.374. The van der Waals surface area contributed by atoms with Gasteiger partial charge in [0.1, 0.15) is 0 Å². The number of carbonyl (C=O) groups excluding carboxylic acids is 1. The first-order valence-corrected chi connectivity index (χ1v) is 7.08. The van der Waals surface area contributed by atoms with Crippen molar-refractivity contribution in [2.75, 3.05) is 26.4 Å². The lowest BCUT2D eigenvalue weighted by Crippen LogP contribution is -2.31. The molecule has 0 bridgehead atoms. The minimum Gasteiger partial charge on any atom is -0.351 e. The second-order valence-corrected chi connectivity index (χ2v) is 5.61.